The van der Waals surface area contributed by atoms with Gasteiger partial charge >= 0.3 is 5.97 Å². The Kier molecular flexibility index (Phi) is 4.54. The van der Waals surface area contributed by atoms with Gasteiger partial charge in [0.1, 0.15) is 11.2 Å². The number of hydrogen-bond donors (Lipinski definition) is 1. The zero-order valence-electron chi connectivity index (χ0n) is 12.0. The standard InChI is InChI=1S/C14H19N3O2S/c1-4-14(5-2,13(18)19-6-3)12-15-11(16-17-12)10-8-7-9-20-10/h7-9H,4-6H2,1-3H3,(H,15,16,17). The van der Waals surface area contributed by atoms with Crippen molar-refractivity contribution in [2.45, 2.75) is 39.0 Å². The number of carbonyl (C=O) groups is 1. The highest BCUT2D eigenvalue weighted by atomic mass is 32.1. The van der Waals surface area contributed by atoms with Crippen LogP contribution in [-0.4, -0.2) is 27.8 Å². The van der Waals surface area contributed by atoms with Gasteiger partial charge in [-0.15, -0.1) is 11.3 Å². The molecule has 0 radical (unpaired) electrons. The number of aromatic amines is 1. The second-order valence-corrected chi connectivity index (χ2v) is 5.44. The second-order valence-electron chi connectivity index (χ2n) is 4.49. The van der Waals surface area contributed by atoms with Crippen molar-refractivity contribution in [1.29, 1.82) is 0 Å². The summed E-state index contributed by atoms with van der Waals surface area (Å²) in [4.78, 5) is 17.8. The highest BCUT2D eigenvalue weighted by molar-refractivity contribution is 7.13. The highest BCUT2D eigenvalue weighted by Crippen LogP contribution is 2.32. The third kappa shape index (κ3) is 2.47. The molecule has 0 saturated heterocycles. The SMILES string of the molecule is CCOC(=O)C(CC)(CC)c1nc(-c2cccs2)n[nH]1. The summed E-state index contributed by atoms with van der Waals surface area (Å²) in [7, 11) is 0. The van der Waals surface area contributed by atoms with Crippen molar-refractivity contribution in [3.63, 3.8) is 0 Å². The zero-order valence-corrected chi connectivity index (χ0v) is 12.8. The third-order valence-corrected chi connectivity index (χ3v) is 4.42. The molecule has 108 valence electrons. The number of ether oxygens (including phenoxy) is 1. The van der Waals surface area contributed by atoms with E-state index in [0.29, 0.717) is 31.1 Å². The van der Waals surface area contributed by atoms with E-state index in [-0.39, 0.29) is 5.97 Å². The van der Waals surface area contributed by atoms with Gasteiger partial charge in [-0.1, -0.05) is 19.9 Å². The molecule has 0 saturated carbocycles. The number of esters is 1. The van der Waals surface area contributed by atoms with Crippen LogP contribution < -0.4 is 0 Å². The summed E-state index contributed by atoms with van der Waals surface area (Å²) in [6.45, 7) is 6.11. The number of nitrogens with one attached hydrogen (secondary N) is 1. The van der Waals surface area contributed by atoms with Gasteiger partial charge in [0.05, 0.1) is 11.5 Å². The van der Waals surface area contributed by atoms with Crippen LogP contribution in [-0.2, 0) is 14.9 Å². The van der Waals surface area contributed by atoms with Gasteiger partial charge in [-0.05, 0) is 31.2 Å². The van der Waals surface area contributed by atoms with E-state index in [1.54, 1.807) is 11.3 Å². The van der Waals surface area contributed by atoms with Crippen molar-refractivity contribution in [2.75, 3.05) is 6.61 Å². The Morgan fingerprint density at radius 2 is 2.15 bits per heavy atom. The van der Waals surface area contributed by atoms with Gasteiger partial charge in [0.25, 0.3) is 0 Å². The van der Waals surface area contributed by atoms with E-state index < -0.39 is 5.41 Å². The van der Waals surface area contributed by atoms with Gasteiger partial charge in [0, 0.05) is 0 Å². The van der Waals surface area contributed by atoms with E-state index in [4.69, 9.17) is 4.74 Å². The number of thiophene rings is 1. The van der Waals surface area contributed by atoms with Crippen LogP contribution in [0.5, 0.6) is 0 Å². The average Bonchev–Trinajstić information content (AvgIpc) is 3.12. The third-order valence-electron chi connectivity index (χ3n) is 3.55. The van der Waals surface area contributed by atoms with Crippen LogP contribution in [0.3, 0.4) is 0 Å². The van der Waals surface area contributed by atoms with Crippen molar-refractivity contribution in [3.8, 4) is 10.7 Å². The molecule has 6 heteroatoms. The Bertz CT molecular complexity index is 559. The van der Waals surface area contributed by atoms with Gasteiger partial charge in [0.15, 0.2) is 5.82 Å². The number of hydrogen-bond acceptors (Lipinski definition) is 5. The quantitative estimate of drug-likeness (QED) is 0.831. The molecule has 0 bridgehead atoms. The molecule has 0 unspecified atom stereocenters. The first-order valence-corrected chi connectivity index (χ1v) is 7.69. The molecule has 0 aliphatic rings. The number of rotatable bonds is 6. The molecule has 0 atom stereocenters. The van der Waals surface area contributed by atoms with Crippen LogP contribution in [0.1, 0.15) is 39.4 Å². The normalized spacial score (nSPS) is 11.6. The largest absolute Gasteiger partial charge is 0.465 e. The van der Waals surface area contributed by atoms with Crippen molar-refractivity contribution >= 4 is 17.3 Å². The van der Waals surface area contributed by atoms with Crippen LogP contribution >= 0.6 is 11.3 Å². The Balaban J connectivity index is 2.37. The summed E-state index contributed by atoms with van der Waals surface area (Å²) in [6, 6.07) is 3.91. The van der Waals surface area contributed by atoms with Crippen molar-refractivity contribution in [2.24, 2.45) is 0 Å². The molecule has 2 aromatic rings. The lowest BCUT2D eigenvalue weighted by Gasteiger charge is -2.26. The molecule has 5 nitrogen and oxygen atoms in total. The maximum atomic E-state index is 12.3. The second kappa shape index (κ2) is 6.17. The van der Waals surface area contributed by atoms with Crippen molar-refractivity contribution in [3.05, 3.63) is 23.3 Å². The molecular formula is C14H19N3O2S. The minimum absolute atomic E-state index is 0.237. The van der Waals surface area contributed by atoms with Crippen LogP contribution in [0.2, 0.25) is 0 Å². The van der Waals surface area contributed by atoms with Crippen LogP contribution in [0, 0.1) is 0 Å². The summed E-state index contributed by atoms with van der Waals surface area (Å²) in [6.07, 6.45) is 1.25. The monoisotopic (exact) mass is 293 g/mol. The molecule has 2 heterocycles. The van der Waals surface area contributed by atoms with Gasteiger partial charge in [-0.3, -0.25) is 9.89 Å². The van der Waals surface area contributed by atoms with Crippen LogP contribution in [0.25, 0.3) is 10.7 Å². The van der Waals surface area contributed by atoms with E-state index in [9.17, 15) is 4.79 Å². The van der Waals surface area contributed by atoms with Crippen LogP contribution in [0.4, 0.5) is 0 Å². The number of aromatic nitrogens is 3. The molecule has 2 rings (SSSR count). The predicted octanol–water partition coefficient (Wildman–Crippen LogP) is 3.15. The summed E-state index contributed by atoms with van der Waals surface area (Å²) >= 11 is 1.57. The first kappa shape index (κ1) is 14.7. The lowest BCUT2D eigenvalue weighted by atomic mass is 9.81. The first-order valence-electron chi connectivity index (χ1n) is 6.81. The molecule has 0 aliphatic heterocycles. The first-order chi connectivity index (χ1) is 9.67. The molecule has 20 heavy (non-hydrogen) atoms. The smallest absolute Gasteiger partial charge is 0.319 e. The topological polar surface area (TPSA) is 67.9 Å². The molecule has 1 N–H and O–H groups in total. The van der Waals surface area contributed by atoms with Crippen molar-refractivity contribution in [1.82, 2.24) is 15.2 Å². The Hall–Kier alpha value is -1.69. The predicted molar refractivity (Wildman–Crippen MR) is 78.6 cm³/mol. The van der Waals surface area contributed by atoms with Gasteiger partial charge in [-0.2, -0.15) is 5.10 Å². The van der Waals surface area contributed by atoms with E-state index in [1.807, 2.05) is 38.3 Å². The number of carbonyl (C=O) groups excluding carboxylic acids is 1. The molecular weight excluding hydrogens is 274 g/mol. The number of nitrogens with zero attached hydrogens (tertiary/aromatic N) is 2. The van der Waals surface area contributed by atoms with E-state index in [0.717, 1.165) is 4.88 Å². The summed E-state index contributed by atoms with van der Waals surface area (Å²) < 4.78 is 5.22. The lowest BCUT2D eigenvalue weighted by molar-refractivity contribution is -0.151. The molecule has 0 aromatic carbocycles. The van der Waals surface area contributed by atoms with Crippen LogP contribution in [0.15, 0.2) is 17.5 Å². The van der Waals surface area contributed by atoms with E-state index in [2.05, 4.69) is 15.2 Å². The molecule has 0 amide bonds. The van der Waals surface area contributed by atoms with Gasteiger partial charge < -0.3 is 4.74 Å². The molecule has 2 aromatic heterocycles. The summed E-state index contributed by atoms with van der Waals surface area (Å²) in [5.41, 5.74) is -0.738. The minimum Gasteiger partial charge on any atom is -0.465 e. The molecule has 0 aliphatic carbocycles. The van der Waals surface area contributed by atoms with Gasteiger partial charge in [-0.25, -0.2) is 4.98 Å². The minimum atomic E-state index is -0.738. The summed E-state index contributed by atoms with van der Waals surface area (Å²) in [5.74, 6) is 0.980. The number of H-pyrrole nitrogens is 1. The van der Waals surface area contributed by atoms with Gasteiger partial charge in [0.2, 0.25) is 0 Å². The highest BCUT2D eigenvalue weighted by Gasteiger charge is 2.41. The van der Waals surface area contributed by atoms with E-state index >= 15 is 0 Å². The van der Waals surface area contributed by atoms with E-state index in [1.165, 1.54) is 0 Å². The fourth-order valence-electron chi connectivity index (χ4n) is 2.23. The average molecular weight is 293 g/mol. The Morgan fingerprint density at radius 1 is 1.40 bits per heavy atom. The zero-order chi connectivity index (χ0) is 14.6. The Morgan fingerprint density at radius 3 is 2.70 bits per heavy atom. The molecule has 0 spiro atoms. The van der Waals surface area contributed by atoms with Crippen molar-refractivity contribution < 1.29 is 9.53 Å². The fourth-order valence-corrected chi connectivity index (χ4v) is 2.89. The molecule has 0 fully saturated rings. The Labute approximate surface area is 122 Å². The maximum absolute atomic E-state index is 12.3. The maximum Gasteiger partial charge on any atom is 0.319 e. The summed E-state index contributed by atoms with van der Waals surface area (Å²) in [5, 5.41) is 9.13. The lowest BCUT2D eigenvalue weighted by Crippen LogP contribution is -2.37. The fraction of sp³-hybridized carbons (Fsp3) is 0.500.